The smallest absolute Gasteiger partial charge is 0.0108 e. The number of rotatable bonds is 0. The molecule has 1 heteroatoms. The largest absolute Gasteiger partial charge is 0.107 e. The van der Waals surface area contributed by atoms with Gasteiger partial charge in [0, 0.05) is 9.13 Å². The quantitative estimate of drug-likeness (QED) is 0.366. The Morgan fingerprint density at radius 3 is 2.00 bits per heavy atom. The van der Waals surface area contributed by atoms with Crippen molar-refractivity contribution in [3.8, 4) is 0 Å². The number of hydrogen-bond acceptors (Lipinski definition) is 0. The molecule has 0 spiro atoms. The van der Waals surface area contributed by atoms with Crippen LogP contribution < -0.4 is 0 Å². The maximum Gasteiger partial charge on any atom is 0.0108 e. The Morgan fingerprint density at radius 2 is 2.00 bits per heavy atom. The average Bonchev–Trinajstić information content (AvgIpc) is 1.37. The van der Waals surface area contributed by atoms with Crippen molar-refractivity contribution in [3.05, 3.63) is 0 Å². The van der Waals surface area contributed by atoms with Gasteiger partial charge in [-0.25, -0.2) is 0 Å². The third-order valence-electron chi connectivity index (χ3n) is 0.289. The van der Waals surface area contributed by atoms with Crippen LogP contribution >= 0.6 is 0 Å². The highest BCUT2D eigenvalue weighted by Crippen LogP contribution is 1.29. The van der Waals surface area contributed by atoms with Gasteiger partial charge in [0.1, 0.15) is 0 Å². The summed E-state index contributed by atoms with van der Waals surface area (Å²) >= 11 is 0. The Labute approximate surface area is 29.3 Å². The van der Waals surface area contributed by atoms with E-state index in [1.807, 2.05) is 0 Å². The van der Waals surface area contributed by atoms with Crippen LogP contribution in [0.3, 0.4) is 0 Å². The molecule has 0 nitrogen and oxygen atoms in total. The summed E-state index contributed by atoms with van der Waals surface area (Å²) < 4.78 is 0. The van der Waals surface area contributed by atoms with E-state index < -0.39 is 0 Å². The van der Waals surface area contributed by atoms with E-state index in [1.54, 1.807) is 0 Å². The van der Waals surface area contributed by atoms with Gasteiger partial charge in [0.2, 0.25) is 0 Å². The molecule has 0 saturated heterocycles. The van der Waals surface area contributed by atoms with Crippen molar-refractivity contribution in [2.75, 3.05) is 0 Å². The van der Waals surface area contributed by atoms with Gasteiger partial charge in [-0.3, -0.25) is 0 Å². The first kappa shape index (κ1) is 4.09. The lowest BCUT2D eigenvalue weighted by atomic mass is 11.0. The number of hydrogen-bond donors (Lipinski definition) is 0. The van der Waals surface area contributed by atoms with Crippen LogP contribution in [0.15, 0.2) is 0 Å². The molecule has 0 saturated carbocycles. The molecule has 0 atom stereocenters. The summed E-state index contributed by atoms with van der Waals surface area (Å²) in [5, 5.41) is 0. The van der Waals surface area contributed by atoms with Gasteiger partial charge in [0.05, 0.1) is 0 Å². The predicted octanol–water partition coefficient (Wildman–Crippen LogP) is 0.561. The molecule has 0 aliphatic carbocycles. The monoisotopic (exact) mass is 71.0 g/mol. The molecule has 1 radical (unpaired) electrons. The molecule has 0 unspecified atom stereocenters. The minimum atomic E-state index is 1.02. The highest BCUT2D eigenvalue weighted by Gasteiger charge is 1.37. The zero-order valence-corrected chi connectivity index (χ0v) is 4.08. The summed E-state index contributed by atoms with van der Waals surface area (Å²) in [6.45, 7) is 4.22. The predicted molar refractivity (Wildman–Crippen MR) is 23.4 cm³/mol. The van der Waals surface area contributed by atoms with E-state index in [4.69, 9.17) is 0 Å². The van der Waals surface area contributed by atoms with E-state index in [2.05, 4.69) is 19.1 Å². The minimum absolute atomic E-state index is 1.02. The molecule has 0 aromatic rings. The van der Waals surface area contributed by atoms with Gasteiger partial charge in [-0.2, -0.15) is 0 Å². The molecule has 0 rings (SSSR count). The molecule has 0 N–H and O–H groups in total. The van der Waals surface area contributed by atoms with Crippen LogP contribution in [0, 0.1) is 0 Å². The van der Waals surface area contributed by atoms with E-state index in [1.165, 1.54) is 0 Å². The highest BCUT2D eigenvalue weighted by molar-refractivity contribution is 6.44. The normalized spacial score (nSPS) is 9.50. The molecule has 0 aliphatic rings. The van der Waals surface area contributed by atoms with E-state index in [0.29, 0.717) is 0 Å². The summed E-state index contributed by atoms with van der Waals surface area (Å²) in [4.78, 5) is 0. The molecule has 0 bridgehead atoms. The van der Waals surface area contributed by atoms with E-state index in [0.717, 1.165) is 9.13 Å². The third-order valence-corrected chi connectivity index (χ3v) is 0.866. The van der Waals surface area contributed by atoms with Crippen molar-refractivity contribution in [1.29, 1.82) is 0 Å². The zero-order chi connectivity index (χ0) is 3.41. The second-order valence-electron chi connectivity index (χ2n) is 0.577. The molecule has 4 heavy (non-hydrogen) atoms. The average molecular weight is 71.2 g/mol. The molecule has 0 fully saturated rings. The first-order chi connectivity index (χ1) is 1.91. The van der Waals surface area contributed by atoms with E-state index in [9.17, 15) is 0 Å². The van der Waals surface area contributed by atoms with Gasteiger partial charge >= 0.3 is 0 Å². The fourth-order valence-corrected chi connectivity index (χ4v) is 0. The third kappa shape index (κ3) is 2.09. The van der Waals surface area contributed by atoms with Crippen LogP contribution in [0.1, 0.15) is 6.92 Å². The van der Waals surface area contributed by atoms with Crippen LogP contribution in [-0.4, -0.2) is 14.8 Å². The van der Waals surface area contributed by atoms with Crippen LogP contribution in [0.4, 0.5) is 0 Å². The Hall–Kier alpha value is 0.0869. The summed E-state index contributed by atoms with van der Waals surface area (Å²) in [7, 11) is 1.02. The Bertz CT molecular complexity index is 18.5. The van der Waals surface area contributed by atoms with Crippen LogP contribution in [0.5, 0.6) is 0 Å². The van der Waals surface area contributed by atoms with Crippen molar-refractivity contribution >= 4 is 14.8 Å². The molecule has 23 valence electrons. The van der Waals surface area contributed by atoms with Crippen molar-refractivity contribution in [2.45, 2.75) is 13.5 Å². The van der Waals surface area contributed by atoms with Gasteiger partial charge in [-0.15, -0.1) is 5.67 Å². The lowest BCUT2D eigenvalue weighted by Crippen LogP contribution is -1.60. The Kier molecular flexibility index (Phi) is 3.15. The first-order valence-corrected chi connectivity index (χ1v) is 2.94. The van der Waals surface area contributed by atoms with E-state index in [-0.39, 0.29) is 0 Å². The fraction of sp³-hybridized carbons (Fsp3) is 0.667. The maximum absolute atomic E-state index is 2.15. The van der Waals surface area contributed by atoms with Crippen molar-refractivity contribution in [3.63, 3.8) is 0 Å². The second-order valence-corrected chi connectivity index (χ2v) is 1.73. The fourth-order valence-electron chi connectivity index (χ4n) is 0. The zero-order valence-electron chi connectivity index (χ0n) is 3.08. The van der Waals surface area contributed by atoms with Gasteiger partial charge < -0.3 is 0 Å². The maximum atomic E-state index is 2.15. The van der Waals surface area contributed by atoms with Crippen molar-refractivity contribution < 1.29 is 0 Å². The summed E-state index contributed by atoms with van der Waals surface area (Å²) in [6.07, 6.45) is 0. The summed E-state index contributed by atoms with van der Waals surface area (Å²) in [5.41, 5.74) is 2.15. The Balaban J connectivity index is 2.55. The van der Waals surface area contributed by atoms with Gasteiger partial charge in [-0.05, 0) is 0 Å². The molecule has 0 amide bonds. The summed E-state index contributed by atoms with van der Waals surface area (Å²) in [5.74, 6) is 0. The molecular formula is C3H7Si. The second kappa shape index (κ2) is 3.09. The standard InChI is InChI=1S/C3H7Si/c1-3-4-2/h3H,1-2H3. The molecule has 0 aromatic carbocycles. The van der Waals surface area contributed by atoms with Crippen molar-refractivity contribution in [1.82, 2.24) is 0 Å². The van der Waals surface area contributed by atoms with Gasteiger partial charge in [-0.1, -0.05) is 13.5 Å². The van der Waals surface area contributed by atoms with E-state index >= 15 is 0 Å². The molecule has 0 aromatic heterocycles. The lowest BCUT2D eigenvalue weighted by molar-refractivity contribution is 2.12. The summed E-state index contributed by atoms with van der Waals surface area (Å²) in [6, 6.07) is 0. The molecule has 0 aliphatic heterocycles. The minimum Gasteiger partial charge on any atom is -0.107 e. The van der Waals surface area contributed by atoms with Crippen LogP contribution in [0.2, 0.25) is 6.55 Å². The SMILES string of the molecule is CC=[Si]C. The molecular weight excluding hydrogens is 64.1 g/mol. The topological polar surface area (TPSA) is 0 Å². The first-order valence-electron chi connectivity index (χ1n) is 1.37. The van der Waals surface area contributed by atoms with Crippen LogP contribution in [0.25, 0.3) is 0 Å². The molecule has 0 heterocycles. The van der Waals surface area contributed by atoms with Crippen molar-refractivity contribution in [2.24, 2.45) is 0 Å². The van der Waals surface area contributed by atoms with Crippen LogP contribution in [-0.2, 0) is 0 Å². The Morgan fingerprint density at radius 1 is 1.75 bits per heavy atom. The van der Waals surface area contributed by atoms with Gasteiger partial charge in [0.15, 0.2) is 0 Å². The lowest BCUT2D eigenvalue weighted by Gasteiger charge is -1.46. The highest BCUT2D eigenvalue weighted by atomic mass is 28.2. The van der Waals surface area contributed by atoms with Gasteiger partial charge in [0.25, 0.3) is 0 Å².